The lowest BCUT2D eigenvalue weighted by Gasteiger charge is -2.27. The summed E-state index contributed by atoms with van der Waals surface area (Å²) in [5.74, 6) is 0.595. The van der Waals surface area contributed by atoms with Gasteiger partial charge in [-0.2, -0.15) is 0 Å². The van der Waals surface area contributed by atoms with Crippen molar-refractivity contribution in [3.8, 4) is 5.75 Å². The first kappa shape index (κ1) is 22.2. The molecular weight excluding hydrogens is 406 g/mol. The normalized spacial score (nSPS) is 14.1. The summed E-state index contributed by atoms with van der Waals surface area (Å²) in [6, 6.07) is 9.96. The van der Waals surface area contributed by atoms with Gasteiger partial charge in [0.1, 0.15) is 9.96 Å². The molecule has 0 aliphatic heterocycles. The molecule has 0 fully saturated rings. The van der Waals surface area contributed by atoms with Gasteiger partial charge in [-0.3, -0.25) is 0 Å². The number of ether oxygens (including phenoxy) is 1. The van der Waals surface area contributed by atoms with Crippen molar-refractivity contribution in [2.24, 2.45) is 0 Å². The average Bonchev–Trinajstić information content (AvgIpc) is 3.11. The Kier molecular flexibility index (Phi) is 8.57. The molecule has 0 aliphatic rings. The van der Waals surface area contributed by atoms with Crippen LogP contribution in [0.2, 0.25) is 4.34 Å². The fraction of sp³-hybridized carbons (Fsp3) is 0.474. The van der Waals surface area contributed by atoms with Crippen molar-refractivity contribution in [2.45, 2.75) is 48.8 Å². The average molecular weight is 432 g/mol. The highest BCUT2D eigenvalue weighted by Crippen LogP contribution is 2.30. The van der Waals surface area contributed by atoms with Crippen molar-refractivity contribution in [1.29, 1.82) is 0 Å². The van der Waals surface area contributed by atoms with Gasteiger partial charge in [0.25, 0.3) is 0 Å². The van der Waals surface area contributed by atoms with E-state index in [4.69, 9.17) is 16.3 Å². The molecule has 1 aromatic heterocycles. The Labute approximate surface area is 170 Å². The molecule has 0 saturated carbocycles. The van der Waals surface area contributed by atoms with E-state index in [0.29, 0.717) is 4.34 Å². The summed E-state index contributed by atoms with van der Waals surface area (Å²) >= 11 is 6.87. The number of benzene rings is 1. The molecule has 0 bridgehead atoms. The molecule has 0 amide bonds. The molecule has 2 atom stereocenters. The molecule has 5 nitrogen and oxygen atoms in total. The van der Waals surface area contributed by atoms with Crippen LogP contribution in [0, 0.1) is 0 Å². The van der Waals surface area contributed by atoms with Gasteiger partial charge in [0.05, 0.1) is 24.1 Å². The number of sulfonamides is 1. The largest absolute Gasteiger partial charge is 0.497 e. The quantitative estimate of drug-likeness (QED) is 0.516. The zero-order valence-corrected chi connectivity index (χ0v) is 17.9. The fourth-order valence-corrected chi connectivity index (χ4v) is 5.78. The van der Waals surface area contributed by atoms with Gasteiger partial charge in [-0.1, -0.05) is 49.9 Å². The van der Waals surface area contributed by atoms with E-state index in [9.17, 15) is 13.5 Å². The van der Waals surface area contributed by atoms with Gasteiger partial charge >= 0.3 is 0 Å². The Hall–Kier alpha value is -1.12. The molecule has 8 heteroatoms. The second kappa shape index (κ2) is 10.4. The van der Waals surface area contributed by atoms with E-state index in [1.165, 1.54) is 6.07 Å². The maximum absolute atomic E-state index is 12.7. The van der Waals surface area contributed by atoms with Gasteiger partial charge in [0, 0.05) is 5.92 Å². The number of aliphatic hydroxyl groups excluding tert-OH is 1. The van der Waals surface area contributed by atoms with Crippen LogP contribution in [-0.2, 0) is 10.0 Å². The molecule has 150 valence electrons. The zero-order chi connectivity index (χ0) is 19.9. The Balaban J connectivity index is 2.26. The molecule has 1 heterocycles. The summed E-state index contributed by atoms with van der Waals surface area (Å²) < 4.78 is 33.8. The van der Waals surface area contributed by atoms with Crippen LogP contribution in [0.1, 0.15) is 44.1 Å². The van der Waals surface area contributed by atoms with Gasteiger partial charge in [-0.15, -0.1) is 11.3 Å². The van der Waals surface area contributed by atoms with Crippen molar-refractivity contribution in [3.63, 3.8) is 0 Å². The van der Waals surface area contributed by atoms with E-state index in [1.54, 1.807) is 13.2 Å². The lowest BCUT2D eigenvalue weighted by Crippen LogP contribution is -2.41. The van der Waals surface area contributed by atoms with Gasteiger partial charge in [0.15, 0.2) is 0 Å². The number of aliphatic hydroxyl groups is 1. The molecule has 2 rings (SSSR count). The first-order valence-corrected chi connectivity index (χ1v) is 11.6. The second-order valence-electron chi connectivity index (χ2n) is 6.34. The van der Waals surface area contributed by atoms with Crippen LogP contribution in [-0.4, -0.2) is 33.3 Å². The molecule has 2 aromatic rings. The molecule has 0 aliphatic carbocycles. The van der Waals surface area contributed by atoms with Gasteiger partial charge in [-0.25, -0.2) is 13.1 Å². The Morgan fingerprint density at radius 2 is 1.89 bits per heavy atom. The highest BCUT2D eigenvalue weighted by atomic mass is 35.5. The standard InChI is InChI=1S/C19H26ClNO4S2/c1-3-4-5-6-16(14-7-9-15(25-2)10-8-14)17(13-22)21-27(23,24)19-12-11-18(20)26-19/h7-12,16-17,21-22H,3-6,13H2,1-2H3/t16-,17+/m0/s1. The second-order valence-corrected chi connectivity index (χ2v) is 10.0. The third kappa shape index (κ3) is 6.19. The van der Waals surface area contributed by atoms with Crippen molar-refractivity contribution >= 4 is 33.0 Å². The molecule has 0 radical (unpaired) electrons. The summed E-state index contributed by atoms with van der Waals surface area (Å²) in [5, 5.41) is 9.96. The SMILES string of the molecule is CCCCC[C@@H](c1ccc(OC)cc1)[C@@H](CO)NS(=O)(=O)c1ccc(Cl)s1. The third-order valence-corrected chi connectivity index (χ3v) is 7.68. The minimum absolute atomic E-state index is 0.141. The molecule has 27 heavy (non-hydrogen) atoms. The topological polar surface area (TPSA) is 75.6 Å². The van der Waals surface area contributed by atoms with E-state index < -0.39 is 16.1 Å². The van der Waals surface area contributed by atoms with Crippen molar-refractivity contribution in [3.05, 3.63) is 46.3 Å². The summed E-state index contributed by atoms with van der Waals surface area (Å²) in [4.78, 5) is 0. The fourth-order valence-electron chi connectivity index (χ4n) is 3.01. The molecular formula is C19H26ClNO4S2. The minimum atomic E-state index is -3.75. The Morgan fingerprint density at radius 1 is 1.19 bits per heavy atom. The molecule has 1 aromatic carbocycles. The van der Waals surface area contributed by atoms with Crippen molar-refractivity contribution in [1.82, 2.24) is 4.72 Å². The lowest BCUT2D eigenvalue weighted by atomic mass is 9.87. The van der Waals surface area contributed by atoms with E-state index in [-0.39, 0.29) is 16.7 Å². The van der Waals surface area contributed by atoms with Crippen molar-refractivity contribution in [2.75, 3.05) is 13.7 Å². The maximum atomic E-state index is 12.7. The Morgan fingerprint density at radius 3 is 2.41 bits per heavy atom. The van der Waals surface area contributed by atoms with E-state index in [0.717, 1.165) is 48.3 Å². The zero-order valence-electron chi connectivity index (χ0n) is 15.5. The lowest BCUT2D eigenvalue weighted by molar-refractivity contribution is 0.233. The summed E-state index contributed by atoms with van der Waals surface area (Å²) in [6.45, 7) is 1.83. The van der Waals surface area contributed by atoms with Crippen LogP contribution < -0.4 is 9.46 Å². The van der Waals surface area contributed by atoms with E-state index >= 15 is 0 Å². The van der Waals surface area contributed by atoms with Crippen LogP contribution in [0.15, 0.2) is 40.6 Å². The molecule has 0 spiro atoms. The van der Waals surface area contributed by atoms with E-state index in [1.807, 2.05) is 24.3 Å². The van der Waals surface area contributed by atoms with Crippen molar-refractivity contribution < 1.29 is 18.3 Å². The molecule has 2 N–H and O–H groups in total. The third-order valence-electron chi connectivity index (χ3n) is 4.46. The van der Waals surface area contributed by atoms with Crippen LogP contribution in [0.25, 0.3) is 0 Å². The van der Waals surface area contributed by atoms with Crippen LogP contribution >= 0.6 is 22.9 Å². The number of hydrogen-bond donors (Lipinski definition) is 2. The first-order valence-electron chi connectivity index (χ1n) is 8.93. The molecule has 0 unspecified atom stereocenters. The first-order chi connectivity index (χ1) is 12.9. The number of methoxy groups -OCH3 is 1. The smallest absolute Gasteiger partial charge is 0.250 e. The highest BCUT2D eigenvalue weighted by Gasteiger charge is 2.28. The molecule has 0 saturated heterocycles. The van der Waals surface area contributed by atoms with Crippen LogP contribution in [0.4, 0.5) is 0 Å². The van der Waals surface area contributed by atoms with Gasteiger partial charge < -0.3 is 9.84 Å². The number of thiophene rings is 1. The predicted octanol–water partition coefficient (Wildman–Crippen LogP) is 4.41. The Bertz CT molecular complexity index is 805. The number of rotatable bonds is 11. The van der Waals surface area contributed by atoms with E-state index in [2.05, 4.69) is 11.6 Å². The van der Waals surface area contributed by atoms with Crippen LogP contribution in [0.3, 0.4) is 0 Å². The number of halogens is 1. The van der Waals surface area contributed by atoms with Gasteiger partial charge in [0.2, 0.25) is 10.0 Å². The summed E-state index contributed by atoms with van der Waals surface area (Å²) in [7, 11) is -2.15. The summed E-state index contributed by atoms with van der Waals surface area (Å²) in [6.07, 6.45) is 3.85. The number of hydrogen-bond acceptors (Lipinski definition) is 5. The van der Waals surface area contributed by atoms with Crippen LogP contribution in [0.5, 0.6) is 5.75 Å². The monoisotopic (exact) mass is 431 g/mol. The number of nitrogens with one attached hydrogen (secondary N) is 1. The highest BCUT2D eigenvalue weighted by molar-refractivity contribution is 7.91. The predicted molar refractivity (Wildman–Crippen MR) is 110 cm³/mol. The summed E-state index contributed by atoms with van der Waals surface area (Å²) in [5.41, 5.74) is 0.970. The van der Waals surface area contributed by atoms with Gasteiger partial charge in [-0.05, 0) is 36.2 Å². The number of unbranched alkanes of at least 4 members (excludes halogenated alkanes) is 2. The maximum Gasteiger partial charge on any atom is 0.250 e. The minimum Gasteiger partial charge on any atom is -0.497 e.